The Morgan fingerprint density at radius 2 is 2.38 bits per heavy atom. The Hall–Kier alpha value is -0.120. The summed E-state index contributed by atoms with van der Waals surface area (Å²) in [6, 6.07) is 0. The molecular formula is C10H20O3. The molecule has 0 aromatic carbocycles. The maximum atomic E-state index is 9.70. The van der Waals surface area contributed by atoms with Crippen molar-refractivity contribution < 1.29 is 14.6 Å². The molecule has 0 amide bonds. The normalized spacial score (nSPS) is 30.7. The zero-order valence-corrected chi connectivity index (χ0v) is 8.53. The van der Waals surface area contributed by atoms with Gasteiger partial charge in [0.25, 0.3) is 0 Å². The second kappa shape index (κ2) is 5.58. The van der Waals surface area contributed by atoms with Gasteiger partial charge in [-0.15, -0.1) is 0 Å². The van der Waals surface area contributed by atoms with Gasteiger partial charge in [-0.1, -0.05) is 13.8 Å². The third kappa shape index (κ3) is 3.25. The highest BCUT2D eigenvalue weighted by Gasteiger charge is 2.30. The van der Waals surface area contributed by atoms with Crippen LogP contribution in [-0.4, -0.2) is 37.1 Å². The molecule has 13 heavy (non-hydrogen) atoms. The van der Waals surface area contributed by atoms with Crippen molar-refractivity contribution in [3.8, 4) is 0 Å². The van der Waals surface area contributed by atoms with Gasteiger partial charge in [-0.05, 0) is 18.8 Å². The van der Waals surface area contributed by atoms with Crippen LogP contribution in [0.5, 0.6) is 0 Å². The van der Waals surface area contributed by atoms with Crippen molar-refractivity contribution in [2.45, 2.75) is 38.9 Å². The highest BCUT2D eigenvalue weighted by molar-refractivity contribution is 4.79. The monoisotopic (exact) mass is 188 g/mol. The van der Waals surface area contributed by atoms with Crippen LogP contribution in [0.4, 0.5) is 0 Å². The van der Waals surface area contributed by atoms with Gasteiger partial charge in [-0.2, -0.15) is 0 Å². The van der Waals surface area contributed by atoms with Gasteiger partial charge in [0.2, 0.25) is 0 Å². The maximum absolute atomic E-state index is 9.70. The van der Waals surface area contributed by atoms with E-state index >= 15 is 0 Å². The predicted molar refractivity (Wildman–Crippen MR) is 50.6 cm³/mol. The standard InChI is InChI=1S/C10H20O3/c1-3-5-12-7-9(11)10-8(2)4-6-13-10/h8-11H,3-7H2,1-2H3. The number of ether oxygens (including phenoxy) is 2. The van der Waals surface area contributed by atoms with Gasteiger partial charge in [0.1, 0.15) is 6.10 Å². The summed E-state index contributed by atoms with van der Waals surface area (Å²) < 4.78 is 10.7. The van der Waals surface area contributed by atoms with Crippen LogP contribution in [0.25, 0.3) is 0 Å². The summed E-state index contributed by atoms with van der Waals surface area (Å²) in [6.45, 7) is 6.07. The lowest BCUT2D eigenvalue weighted by molar-refractivity contribution is -0.0586. The Morgan fingerprint density at radius 3 is 2.92 bits per heavy atom. The highest BCUT2D eigenvalue weighted by atomic mass is 16.5. The van der Waals surface area contributed by atoms with E-state index in [2.05, 4.69) is 13.8 Å². The van der Waals surface area contributed by atoms with Crippen LogP contribution < -0.4 is 0 Å². The quantitative estimate of drug-likeness (QED) is 0.659. The molecule has 1 aliphatic heterocycles. The Morgan fingerprint density at radius 1 is 1.62 bits per heavy atom. The van der Waals surface area contributed by atoms with Gasteiger partial charge >= 0.3 is 0 Å². The lowest BCUT2D eigenvalue weighted by atomic mass is 10.00. The van der Waals surface area contributed by atoms with E-state index in [0.29, 0.717) is 12.5 Å². The lowest BCUT2D eigenvalue weighted by Crippen LogP contribution is -2.34. The molecule has 78 valence electrons. The van der Waals surface area contributed by atoms with E-state index in [9.17, 15) is 5.11 Å². The molecule has 1 aliphatic rings. The molecule has 0 aromatic heterocycles. The third-order valence-electron chi connectivity index (χ3n) is 2.46. The minimum absolute atomic E-state index is 0.0168. The van der Waals surface area contributed by atoms with Gasteiger partial charge < -0.3 is 14.6 Å². The SMILES string of the molecule is CCCOCC(O)C1OCCC1C. The molecule has 3 heteroatoms. The first-order valence-electron chi connectivity index (χ1n) is 5.13. The molecule has 0 saturated carbocycles. The lowest BCUT2D eigenvalue weighted by Gasteiger charge is -2.20. The fourth-order valence-electron chi connectivity index (χ4n) is 1.65. The largest absolute Gasteiger partial charge is 0.388 e. The van der Waals surface area contributed by atoms with Crippen molar-refractivity contribution in [1.29, 1.82) is 0 Å². The summed E-state index contributed by atoms with van der Waals surface area (Å²) in [5.41, 5.74) is 0. The minimum atomic E-state index is -0.455. The zero-order chi connectivity index (χ0) is 9.68. The van der Waals surface area contributed by atoms with Gasteiger partial charge in [0.05, 0.1) is 12.7 Å². The van der Waals surface area contributed by atoms with Crippen LogP contribution in [0.15, 0.2) is 0 Å². The topological polar surface area (TPSA) is 38.7 Å². The number of hydrogen-bond acceptors (Lipinski definition) is 3. The van der Waals surface area contributed by atoms with Crippen molar-refractivity contribution in [3.05, 3.63) is 0 Å². The van der Waals surface area contributed by atoms with E-state index in [0.717, 1.165) is 26.1 Å². The van der Waals surface area contributed by atoms with Gasteiger partial charge in [0.15, 0.2) is 0 Å². The van der Waals surface area contributed by atoms with Gasteiger partial charge in [0, 0.05) is 13.2 Å². The first kappa shape index (κ1) is 11.0. The summed E-state index contributed by atoms with van der Waals surface area (Å²) in [4.78, 5) is 0. The average molecular weight is 188 g/mol. The van der Waals surface area contributed by atoms with Crippen LogP contribution in [0.3, 0.4) is 0 Å². The molecular weight excluding hydrogens is 168 g/mol. The van der Waals surface area contributed by atoms with Crippen molar-refractivity contribution >= 4 is 0 Å². The van der Waals surface area contributed by atoms with Gasteiger partial charge in [-0.25, -0.2) is 0 Å². The predicted octanol–water partition coefficient (Wildman–Crippen LogP) is 1.20. The molecule has 0 bridgehead atoms. The molecule has 0 spiro atoms. The summed E-state index contributed by atoms with van der Waals surface area (Å²) in [6.07, 6.45) is 1.57. The van der Waals surface area contributed by atoms with E-state index in [1.165, 1.54) is 0 Å². The number of aliphatic hydroxyl groups is 1. The van der Waals surface area contributed by atoms with E-state index in [1.807, 2.05) is 0 Å². The van der Waals surface area contributed by atoms with E-state index in [4.69, 9.17) is 9.47 Å². The van der Waals surface area contributed by atoms with E-state index in [1.54, 1.807) is 0 Å². The van der Waals surface area contributed by atoms with Crippen LogP contribution in [-0.2, 0) is 9.47 Å². The summed E-state index contributed by atoms with van der Waals surface area (Å²) >= 11 is 0. The second-order valence-electron chi connectivity index (χ2n) is 3.74. The molecule has 1 N–H and O–H groups in total. The maximum Gasteiger partial charge on any atom is 0.104 e. The Labute approximate surface area is 80.0 Å². The van der Waals surface area contributed by atoms with E-state index < -0.39 is 6.10 Å². The highest BCUT2D eigenvalue weighted by Crippen LogP contribution is 2.22. The van der Waals surface area contributed by atoms with Crippen molar-refractivity contribution in [3.63, 3.8) is 0 Å². The summed E-state index contributed by atoms with van der Waals surface area (Å²) in [5, 5.41) is 9.70. The minimum Gasteiger partial charge on any atom is -0.388 e. The smallest absolute Gasteiger partial charge is 0.104 e. The molecule has 1 rings (SSSR count). The van der Waals surface area contributed by atoms with Crippen LogP contribution in [0.2, 0.25) is 0 Å². The summed E-state index contributed by atoms with van der Waals surface area (Å²) in [5.74, 6) is 0.459. The van der Waals surface area contributed by atoms with Crippen LogP contribution >= 0.6 is 0 Å². The fourth-order valence-corrected chi connectivity index (χ4v) is 1.65. The first-order valence-corrected chi connectivity index (χ1v) is 5.13. The van der Waals surface area contributed by atoms with E-state index in [-0.39, 0.29) is 6.10 Å². The van der Waals surface area contributed by atoms with Crippen molar-refractivity contribution in [2.75, 3.05) is 19.8 Å². The molecule has 3 unspecified atom stereocenters. The number of aliphatic hydroxyl groups excluding tert-OH is 1. The average Bonchev–Trinajstić information content (AvgIpc) is 2.52. The molecule has 0 radical (unpaired) electrons. The van der Waals surface area contributed by atoms with Gasteiger partial charge in [-0.3, -0.25) is 0 Å². The first-order chi connectivity index (χ1) is 6.25. The molecule has 0 aliphatic carbocycles. The Kier molecular flexibility index (Phi) is 4.70. The Bertz CT molecular complexity index is 138. The molecule has 1 saturated heterocycles. The fraction of sp³-hybridized carbons (Fsp3) is 1.00. The molecule has 1 fully saturated rings. The third-order valence-corrected chi connectivity index (χ3v) is 2.46. The zero-order valence-electron chi connectivity index (χ0n) is 8.53. The van der Waals surface area contributed by atoms with Crippen molar-refractivity contribution in [1.82, 2.24) is 0 Å². The second-order valence-corrected chi connectivity index (χ2v) is 3.74. The van der Waals surface area contributed by atoms with Crippen LogP contribution in [0.1, 0.15) is 26.7 Å². The molecule has 1 heterocycles. The van der Waals surface area contributed by atoms with Crippen molar-refractivity contribution in [2.24, 2.45) is 5.92 Å². The Balaban J connectivity index is 2.18. The number of rotatable bonds is 5. The molecule has 3 nitrogen and oxygen atoms in total. The number of hydrogen-bond donors (Lipinski definition) is 1. The molecule has 3 atom stereocenters. The van der Waals surface area contributed by atoms with Crippen LogP contribution in [0, 0.1) is 5.92 Å². The summed E-state index contributed by atoms with van der Waals surface area (Å²) in [7, 11) is 0. The molecule has 0 aromatic rings.